The highest BCUT2D eigenvalue weighted by atomic mass is 35.5. The number of carbonyl (C=O) groups excluding carboxylic acids is 1. The summed E-state index contributed by atoms with van der Waals surface area (Å²) in [5.74, 6) is 1.91. The van der Waals surface area contributed by atoms with Gasteiger partial charge in [0, 0.05) is 11.8 Å². The van der Waals surface area contributed by atoms with Crippen LogP contribution in [0, 0.1) is 0 Å². The lowest BCUT2D eigenvalue weighted by molar-refractivity contribution is -0.113. The molecule has 4 aromatic rings. The normalized spacial score (nSPS) is 14.3. The first-order chi connectivity index (χ1) is 18.9. The van der Waals surface area contributed by atoms with Gasteiger partial charge in [-0.25, -0.2) is 4.68 Å². The van der Waals surface area contributed by atoms with E-state index < -0.39 is 6.04 Å². The summed E-state index contributed by atoms with van der Waals surface area (Å²) in [5, 5.41) is 11.5. The zero-order valence-corrected chi connectivity index (χ0v) is 22.9. The maximum absolute atomic E-state index is 13.8. The van der Waals surface area contributed by atoms with Crippen molar-refractivity contribution in [3.8, 4) is 17.2 Å². The van der Waals surface area contributed by atoms with Gasteiger partial charge in [0.1, 0.15) is 36.2 Å². The number of aromatic nitrogens is 3. The number of halogens is 2. The van der Waals surface area contributed by atoms with E-state index in [1.165, 1.54) is 13.4 Å². The minimum Gasteiger partial charge on any atom is -0.497 e. The molecule has 2 heterocycles. The first kappa shape index (κ1) is 26.4. The molecule has 0 unspecified atom stereocenters. The SMILES string of the molecule is COc1ccc(NC(=O)C2=C(C)Nc3ncnn3[C@H]2c2cccc(OCc3ccc(Cl)c(Cl)c3)c2)c(OC)c1. The van der Waals surface area contributed by atoms with Crippen LogP contribution in [0.5, 0.6) is 17.2 Å². The first-order valence-electron chi connectivity index (χ1n) is 11.9. The molecular formula is C28H25Cl2N5O4. The van der Waals surface area contributed by atoms with Crippen LogP contribution in [0.2, 0.25) is 10.0 Å². The van der Waals surface area contributed by atoms with E-state index in [2.05, 4.69) is 20.7 Å². The molecule has 1 atom stereocenters. The molecule has 0 radical (unpaired) electrons. The number of allylic oxidation sites excluding steroid dienone is 1. The van der Waals surface area contributed by atoms with Crippen molar-refractivity contribution in [3.63, 3.8) is 0 Å². The Bertz CT molecular complexity index is 1570. The van der Waals surface area contributed by atoms with Crippen molar-refractivity contribution in [1.29, 1.82) is 0 Å². The van der Waals surface area contributed by atoms with Crippen molar-refractivity contribution in [2.24, 2.45) is 0 Å². The zero-order chi connectivity index (χ0) is 27.5. The molecule has 2 N–H and O–H groups in total. The van der Waals surface area contributed by atoms with Crippen LogP contribution < -0.4 is 24.8 Å². The van der Waals surface area contributed by atoms with Gasteiger partial charge in [-0.1, -0.05) is 41.4 Å². The van der Waals surface area contributed by atoms with E-state index in [1.807, 2.05) is 37.3 Å². The Hall–Kier alpha value is -4.21. The minimum absolute atomic E-state index is 0.292. The smallest absolute Gasteiger partial charge is 0.255 e. The Kier molecular flexibility index (Phi) is 7.63. The predicted molar refractivity (Wildman–Crippen MR) is 150 cm³/mol. The maximum atomic E-state index is 13.8. The van der Waals surface area contributed by atoms with Crippen LogP contribution in [0.25, 0.3) is 0 Å². The van der Waals surface area contributed by atoms with Crippen LogP contribution in [0.15, 0.2) is 78.3 Å². The highest BCUT2D eigenvalue weighted by Crippen LogP contribution is 2.37. The molecule has 9 nitrogen and oxygen atoms in total. The molecule has 5 rings (SSSR count). The second-order valence-corrected chi connectivity index (χ2v) is 9.54. The van der Waals surface area contributed by atoms with Gasteiger partial charge >= 0.3 is 0 Å². The van der Waals surface area contributed by atoms with Gasteiger partial charge in [0.25, 0.3) is 5.91 Å². The van der Waals surface area contributed by atoms with E-state index in [-0.39, 0.29) is 5.91 Å². The van der Waals surface area contributed by atoms with Crippen molar-refractivity contribution in [2.75, 3.05) is 24.9 Å². The molecule has 3 aromatic carbocycles. The number of nitrogens with one attached hydrogen (secondary N) is 2. The molecule has 0 bridgehead atoms. The Labute approximate surface area is 235 Å². The molecule has 0 spiro atoms. The van der Waals surface area contributed by atoms with Crippen molar-refractivity contribution in [3.05, 3.63) is 99.4 Å². The number of nitrogens with zero attached hydrogens (tertiary/aromatic N) is 3. The van der Waals surface area contributed by atoms with Gasteiger partial charge < -0.3 is 24.8 Å². The summed E-state index contributed by atoms with van der Waals surface area (Å²) in [6.45, 7) is 2.12. The fraction of sp³-hybridized carbons (Fsp3) is 0.179. The molecule has 0 fully saturated rings. The fourth-order valence-corrected chi connectivity index (χ4v) is 4.68. The second-order valence-electron chi connectivity index (χ2n) is 8.72. The molecule has 39 heavy (non-hydrogen) atoms. The number of amides is 1. The maximum Gasteiger partial charge on any atom is 0.255 e. The topological polar surface area (TPSA) is 99.5 Å². The van der Waals surface area contributed by atoms with Crippen LogP contribution in [0.3, 0.4) is 0 Å². The number of hydrogen-bond acceptors (Lipinski definition) is 7. The molecule has 1 aliphatic rings. The third-order valence-corrected chi connectivity index (χ3v) is 7.00. The number of ether oxygens (including phenoxy) is 3. The van der Waals surface area contributed by atoms with Gasteiger partial charge in [-0.3, -0.25) is 4.79 Å². The molecule has 0 saturated carbocycles. The molecule has 11 heteroatoms. The van der Waals surface area contributed by atoms with Gasteiger partial charge in [0.05, 0.1) is 35.5 Å². The van der Waals surface area contributed by atoms with Crippen LogP contribution >= 0.6 is 23.2 Å². The molecular weight excluding hydrogens is 541 g/mol. The molecule has 0 saturated heterocycles. The average Bonchev–Trinajstić information content (AvgIpc) is 3.41. The number of rotatable bonds is 8. The summed E-state index contributed by atoms with van der Waals surface area (Å²) < 4.78 is 18.5. The number of carbonyl (C=O) groups is 1. The number of fused-ring (bicyclic) bond motifs is 1. The van der Waals surface area contributed by atoms with E-state index in [0.29, 0.717) is 56.8 Å². The molecule has 1 aromatic heterocycles. The van der Waals surface area contributed by atoms with Crippen molar-refractivity contribution >= 4 is 40.7 Å². The fourth-order valence-electron chi connectivity index (χ4n) is 4.36. The average molecular weight is 566 g/mol. The lowest BCUT2D eigenvalue weighted by atomic mass is 9.94. The highest BCUT2D eigenvalue weighted by molar-refractivity contribution is 6.42. The van der Waals surface area contributed by atoms with Crippen LogP contribution in [-0.2, 0) is 11.4 Å². The molecule has 200 valence electrons. The number of hydrogen-bond donors (Lipinski definition) is 2. The lowest BCUT2D eigenvalue weighted by Crippen LogP contribution is -2.31. The van der Waals surface area contributed by atoms with E-state index in [4.69, 9.17) is 37.4 Å². The highest BCUT2D eigenvalue weighted by Gasteiger charge is 2.34. The van der Waals surface area contributed by atoms with Crippen molar-refractivity contribution in [2.45, 2.75) is 19.6 Å². The first-order valence-corrected chi connectivity index (χ1v) is 12.7. The molecule has 1 amide bonds. The van der Waals surface area contributed by atoms with Gasteiger partial charge in [-0.15, -0.1) is 0 Å². The van der Waals surface area contributed by atoms with Crippen molar-refractivity contribution < 1.29 is 19.0 Å². The largest absolute Gasteiger partial charge is 0.497 e. The Morgan fingerprint density at radius 2 is 1.87 bits per heavy atom. The Morgan fingerprint density at radius 1 is 1.03 bits per heavy atom. The predicted octanol–water partition coefficient (Wildman–Crippen LogP) is 6.11. The number of anilines is 2. The summed E-state index contributed by atoms with van der Waals surface area (Å²) in [7, 11) is 3.10. The van der Waals surface area contributed by atoms with E-state index in [1.54, 1.807) is 42.1 Å². The minimum atomic E-state index is -0.568. The summed E-state index contributed by atoms with van der Waals surface area (Å²) >= 11 is 12.2. The molecule has 0 aliphatic carbocycles. The third-order valence-electron chi connectivity index (χ3n) is 6.26. The monoisotopic (exact) mass is 565 g/mol. The summed E-state index contributed by atoms with van der Waals surface area (Å²) in [6, 6.07) is 17.5. The van der Waals surface area contributed by atoms with Gasteiger partial charge in [-0.2, -0.15) is 10.1 Å². The standard InChI is InChI=1S/C28H25Cl2N5O4/c1-16-25(27(36)34-23-10-8-19(37-2)13-24(23)38-3)26(35-28(33-16)31-15-32-35)18-5-4-6-20(12-18)39-14-17-7-9-21(29)22(30)11-17/h4-13,15,26H,14H2,1-3H3,(H,34,36)(H,31,32,33)/t26-/m0/s1. The molecule has 1 aliphatic heterocycles. The van der Waals surface area contributed by atoms with Crippen molar-refractivity contribution in [1.82, 2.24) is 14.8 Å². The Balaban J connectivity index is 1.45. The zero-order valence-electron chi connectivity index (χ0n) is 21.4. The van der Waals surface area contributed by atoms with Gasteiger partial charge in [0.2, 0.25) is 5.95 Å². The van der Waals surface area contributed by atoms with E-state index in [0.717, 1.165) is 11.1 Å². The van der Waals surface area contributed by atoms with Crippen LogP contribution in [-0.4, -0.2) is 34.9 Å². The number of methoxy groups -OCH3 is 2. The summed E-state index contributed by atoms with van der Waals surface area (Å²) in [4.78, 5) is 18.1. The van der Waals surface area contributed by atoms with E-state index >= 15 is 0 Å². The van der Waals surface area contributed by atoms with Gasteiger partial charge in [0.15, 0.2) is 0 Å². The number of benzene rings is 3. The third kappa shape index (κ3) is 5.50. The van der Waals surface area contributed by atoms with Crippen LogP contribution in [0.1, 0.15) is 24.1 Å². The second kappa shape index (κ2) is 11.3. The Morgan fingerprint density at radius 3 is 2.64 bits per heavy atom. The van der Waals surface area contributed by atoms with Gasteiger partial charge in [-0.05, 0) is 54.4 Å². The lowest BCUT2D eigenvalue weighted by Gasteiger charge is -2.29. The van der Waals surface area contributed by atoms with Crippen LogP contribution in [0.4, 0.5) is 11.6 Å². The summed E-state index contributed by atoms with van der Waals surface area (Å²) in [5.41, 5.74) is 3.28. The quantitative estimate of drug-likeness (QED) is 0.266. The van der Waals surface area contributed by atoms with E-state index in [9.17, 15) is 4.79 Å². The summed E-state index contributed by atoms with van der Waals surface area (Å²) in [6.07, 6.45) is 1.45.